The Hall–Kier alpha value is -1.55. The normalized spacial score (nSPS) is 11.9. The first-order chi connectivity index (χ1) is 8.19. The number of rotatable bonds is 5. The van der Waals surface area contributed by atoms with Crippen LogP contribution in [0.4, 0.5) is 4.79 Å². The van der Waals surface area contributed by atoms with Gasteiger partial charge in [-0.2, -0.15) is 0 Å². The van der Waals surface area contributed by atoms with Gasteiger partial charge in [0, 0.05) is 6.54 Å². The maximum atomic E-state index is 11.7. The third-order valence-electron chi connectivity index (χ3n) is 2.58. The molecule has 4 nitrogen and oxygen atoms in total. The van der Waals surface area contributed by atoms with Gasteiger partial charge in [0.2, 0.25) is 0 Å². The van der Waals surface area contributed by atoms with Gasteiger partial charge in [0.15, 0.2) is 0 Å². The molecule has 1 rings (SSSR count). The van der Waals surface area contributed by atoms with E-state index < -0.39 is 6.09 Å². The van der Waals surface area contributed by atoms with Crippen LogP contribution >= 0.6 is 0 Å². The van der Waals surface area contributed by atoms with Crippen LogP contribution in [0.5, 0.6) is 0 Å². The minimum Gasteiger partial charge on any atom is -0.445 e. The molecule has 0 saturated heterocycles. The third kappa shape index (κ3) is 4.07. The molecular formula is C13H19NO3. The van der Waals surface area contributed by atoms with Gasteiger partial charge in [0.05, 0.1) is 12.6 Å². The Morgan fingerprint density at radius 2 is 2.06 bits per heavy atom. The van der Waals surface area contributed by atoms with Gasteiger partial charge in [-0.25, -0.2) is 4.79 Å². The van der Waals surface area contributed by atoms with Crippen LogP contribution in [0.2, 0.25) is 0 Å². The number of hydrogen-bond acceptors (Lipinski definition) is 3. The summed E-state index contributed by atoms with van der Waals surface area (Å²) in [7, 11) is 0. The number of carbonyl (C=O) groups excluding carboxylic acids is 1. The Bertz CT molecular complexity index is 340. The third-order valence-corrected chi connectivity index (χ3v) is 2.58. The van der Waals surface area contributed by atoms with Gasteiger partial charge in [-0.15, -0.1) is 0 Å². The minimum absolute atomic E-state index is 0.0612. The maximum absolute atomic E-state index is 11.7. The second kappa shape index (κ2) is 6.91. The summed E-state index contributed by atoms with van der Waals surface area (Å²) in [5.74, 6) is 0. The first-order valence-electron chi connectivity index (χ1n) is 5.77. The highest BCUT2D eigenvalue weighted by Gasteiger charge is 2.18. The number of nitrogens with zero attached hydrogens (tertiary/aromatic N) is 1. The van der Waals surface area contributed by atoms with Gasteiger partial charge in [0.1, 0.15) is 6.61 Å². The molecule has 1 amide bonds. The van der Waals surface area contributed by atoms with E-state index >= 15 is 0 Å². The molecule has 0 aliphatic heterocycles. The number of aliphatic hydroxyl groups excluding tert-OH is 1. The van der Waals surface area contributed by atoms with Crippen LogP contribution in [0, 0.1) is 0 Å². The fourth-order valence-electron chi connectivity index (χ4n) is 1.52. The van der Waals surface area contributed by atoms with Crippen molar-refractivity contribution in [2.24, 2.45) is 0 Å². The molecule has 0 unspecified atom stereocenters. The molecule has 0 saturated carbocycles. The fourth-order valence-corrected chi connectivity index (χ4v) is 1.52. The molecule has 0 heterocycles. The highest BCUT2D eigenvalue weighted by atomic mass is 16.6. The number of hydrogen-bond donors (Lipinski definition) is 1. The summed E-state index contributed by atoms with van der Waals surface area (Å²) < 4.78 is 5.18. The van der Waals surface area contributed by atoms with E-state index in [4.69, 9.17) is 9.84 Å². The Labute approximate surface area is 102 Å². The lowest BCUT2D eigenvalue weighted by Crippen LogP contribution is -2.40. The van der Waals surface area contributed by atoms with Crippen LogP contribution in [0.3, 0.4) is 0 Å². The monoisotopic (exact) mass is 237 g/mol. The van der Waals surface area contributed by atoms with E-state index in [1.54, 1.807) is 6.92 Å². The number of aliphatic hydroxyl groups is 1. The van der Waals surface area contributed by atoms with Gasteiger partial charge in [-0.3, -0.25) is 0 Å². The van der Waals surface area contributed by atoms with Crippen molar-refractivity contribution in [2.75, 3.05) is 13.2 Å². The molecule has 0 radical (unpaired) electrons. The summed E-state index contributed by atoms with van der Waals surface area (Å²) in [6, 6.07) is 9.30. The zero-order valence-corrected chi connectivity index (χ0v) is 10.3. The van der Waals surface area contributed by atoms with Crippen LogP contribution in [0.15, 0.2) is 30.3 Å². The zero-order valence-electron chi connectivity index (χ0n) is 10.3. The average molecular weight is 237 g/mol. The summed E-state index contributed by atoms with van der Waals surface area (Å²) in [6.45, 7) is 4.36. The number of likely N-dealkylation sites (N-methyl/N-ethyl adjacent to an activating group) is 1. The van der Waals surface area contributed by atoms with Crippen molar-refractivity contribution in [1.82, 2.24) is 4.90 Å². The van der Waals surface area contributed by atoms with Crippen molar-refractivity contribution >= 4 is 6.09 Å². The highest BCUT2D eigenvalue weighted by Crippen LogP contribution is 2.05. The lowest BCUT2D eigenvalue weighted by atomic mass is 10.2. The van der Waals surface area contributed by atoms with E-state index in [1.807, 2.05) is 37.3 Å². The maximum Gasteiger partial charge on any atom is 0.410 e. The van der Waals surface area contributed by atoms with Crippen molar-refractivity contribution < 1.29 is 14.6 Å². The van der Waals surface area contributed by atoms with E-state index in [0.717, 1.165) is 5.56 Å². The van der Waals surface area contributed by atoms with Gasteiger partial charge >= 0.3 is 6.09 Å². The van der Waals surface area contributed by atoms with Crippen molar-refractivity contribution in [3.63, 3.8) is 0 Å². The van der Waals surface area contributed by atoms with Crippen molar-refractivity contribution in [2.45, 2.75) is 26.5 Å². The predicted molar refractivity (Wildman–Crippen MR) is 65.6 cm³/mol. The fraction of sp³-hybridized carbons (Fsp3) is 0.462. The Balaban J connectivity index is 2.48. The largest absolute Gasteiger partial charge is 0.445 e. The molecule has 1 aromatic rings. The van der Waals surface area contributed by atoms with Crippen molar-refractivity contribution in [1.29, 1.82) is 0 Å². The summed E-state index contributed by atoms with van der Waals surface area (Å²) in [6.07, 6.45) is -0.391. The van der Waals surface area contributed by atoms with Crippen LogP contribution in [-0.4, -0.2) is 35.3 Å². The minimum atomic E-state index is -0.391. The van der Waals surface area contributed by atoms with E-state index in [2.05, 4.69) is 0 Å². The number of ether oxygens (including phenoxy) is 1. The molecule has 0 aliphatic rings. The van der Waals surface area contributed by atoms with E-state index in [1.165, 1.54) is 4.90 Å². The molecule has 94 valence electrons. The molecule has 17 heavy (non-hydrogen) atoms. The molecule has 0 aliphatic carbocycles. The summed E-state index contributed by atoms with van der Waals surface area (Å²) in [5.41, 5.74) is 0.952. The van der Waals surface area contributed by atoms with Crippen LogP contribution < -0.4 is 0 Å². The molecule has 0 bridgehead atoms. The number of amides is 1. The second-order valence-electron chi connectivity index (χ2n) is 3.86. The summed E-state index contributed by atoms with van der Waals surface area (Å²) in [5, 5.41) is 9.02. The molecule has 1 aromatic carbocycles. The summed E-state index contributed by atoms with van der Waals surface area (Å²) >= 11 is 0. The average Bonchev–Trinajstić information content (AvgIpc) is 2.38. The van der Waals surface area contributed by atoms with E-state index in [0.29, 0.717) is 6.54 Å². The topological polar surface area (TPSA) is 49.8 Å². The molecule has 0 fully saturated rings. The zero-order chi connectivity index (χ0) is 12.7. The number of benzene rings is 1. The van der Waals surface area contributed by atoms with Gasteiger partial charge < -0.3 is 14.7 Å². The lowest BCUT2D eigenvalue weighted by molar-refractivity contribution is 0.0713. The molecular weight excluding hydrogens is 218 g/mol. The standard InChI is InChI=1S/C13H19NO3/c1-3-14(11(2)9-15)13(16)17-10-12-7-5-4-6-8-12/h4-8,11,15H,3,9-10H2,1-2H3/t11-/m1/s1. The Morgan fingerprint density at radius 1 is 1.41 bits per heavy atom. The molecule has 0 aromatic heterocycles. The van der Waals surface area contributed by atoms with Crippen LogP contribution in [0.1, 0.15) is 19.4 Å². The summed E-state index contributed by atoms with van der Waals surface area (Å²) in [4.78, 5) is 13.2. The quantitative estimate of drug-likeness (QED) is 0.852. The SMILES string of the molecule is CCN(C(=O)OCc1ccccc1)[C@H](C)CO. The van der Waals surface area contributed by atoms with Gasteiger partial charge in [-0.1, -0.05) is 30.3 Å². The first-order valence-corrected chi connectivity index (χ1v) is 5.77. The number of carbonyl (C=O) groups is 1. The van der Waals surface area contributed by atoms with Crippen LogP contribution in [-0.2, 0) is 11.3 Å². The second-order valence-corrected chi connectivity index (χ2v) is 3.86. The van der Waals surface area contributed by atoms with Crippen LogP contribution in [0.25, 0.3) is 0 Å². The Kier molecular flexibility index (Phi) is 5.49. The van der Waals surface area contributed by atoms with Crippen molar-refractivity contribution in [3.8, 4) is 0 Å². The highest BCUT2D eigenvalue weighted by molar-refractivity contribution is 5.68. The lowest BCUT2D eigenvalue weighted by Gasteiger charge is -2.25. The van der Waals surface area contributed by atoms with Gasteiger partial charge in [0.25, 0.3) is 0 Å². The van der Waals surface area contributed by atoms with E-state index in [-0.39, 0.29) is 19.3 Å². The van der Waals surface area contributed by atoms with Gasteiger partial charge in [-0.05, 0) is 19.4 Å². The molecule has 0 spiro atoms. The molecule has 1 N–H and O–H groups in total. The smallest absolute Gasteiger partial charge is 0.410 e. The van der Waals surface area contributed by atoms with E-state index in [9.17, 15) is 4.79 Å². The predicted octanol–water partition coefficient (Wildman–Crippen LogP) is 2.03. The first kappa shape index (κ1) is 13.5. The molecule has 4 heteroatoms. The van der Waals surface area contributed by atoms with Crippen molar-refractivity contribution in [3.05, 3.63) is 35.9 Å². The molecule has 1 atom stereocenters. The Morgan fingerprint density at radius 3 is 2.59 bits per heavy atom.